The van der Waals surface area contributed by atoms with Crippen molar-refractivity contribution >= 4 is 11.6 Å². The van der Waals surface area contributed by atoms with Gasteiger partial charge in [0.1, 0.15) is 5.82 Å². The highest BCUT2D eigenvalue weighted by Gasteiger charge is 2.28. The van der Waals surface area contributed by atoms with Crippen molar-refractivity contribution in [2.24, 2.45) is 5.92 Å². The van der Waals surface area contributed by atoms with Crippen molar-refractivity contribution in [2.75, 3.05) is 31.1 Å². The van der Waals surface area contributed by atoms with Gasteiger partial charge in [-0.05, 0) is 50.7 Å². The van der Waals surface area contributed by atoms with Gasteiger partial charge < -0.3 is 10.2 Å². The molecule has 0 spiro atoms. The molecular weight excluding hydrogens is 317 g/mol. The van der Waals surface area contributed by atoms with Crippen LogP contribution >= 0.6 is 0 Å². The maximum atomic E-state index is 13.9. The Balaban J connectivity index is 1.48. The molecule has 0 bridgehead atoms. The van der Waals surface area contributed by atoms with Gasteiger partial charge in [0.25, 0.3) is 0 Å². The van der Waals surface area contributed by atoms with Crippen molar-refractivity contribution in [2.45, 2.75) is 51.6 Å². The van der Waals surface area contributed by atoms with Gasteiger partial charge in [-0.15, -0.1) is 0 Å². The van der Waals surface area contributed by atoms with Gasteiger partial charge in [0, 0.05) is 32.2 Å². The fourth-order valence-corrected chi connectivity index (χ4v) is 3.95. The second-order valence-corrected chi connectivity index (χ2v) is 7.62. The van der Waals surface area contributed by atoms with Gasteiger partial charge in [-0.1, -0.05) is 19.1 Å². The lowest BCUT2D eigenvalue weighted by atomic mass is 9.87. The Morgan fingerprint density at radius 1 is 1.12 bits per heavy atom. The smallest absolute Gasteiger partial charge is 0.237 e. The third-order valence-corrected chi connectivity index (χ3v) is 5.80. The summed E-state index contributed by atoms with van der Waals surface area (Å²) < 4.78 is 13.9. The Morgan fingerprint density at radius 2 is 1.76 bits per heavy atom. The number of nitrogens with one attached hydrogen (secondary N) is 1. The topological polar surface area (TPSA) is 35.6 Å². The van der Waals surface area contributed by atoms with E-state index in [-0.39, 0.29) is 17.8 Å². The first-order chi connectivity index (χ1) is 12.0. The second kappa shape index (κ2) is 8.17. The Morgan fingerprint density at radius 3 is 2.40 bits per heavy atom. The quantitative estimate of drug-likeness (QED) is 0.909. The summed E-state index contributed by atoms with van der Waals surface area (Å²) in [6.45, 7) is 7.34. The maximum Gasteiger partial charge on any atom is 0.237 e. The molecule has 1 amide bonds. The van der Waals surface area contributed by atoms with Crippen LogP contribution in [-0.4, -0.2) is 49.1 Å². The van der Waals surface area contributed by atoms with E-state index in [0.717, 1.165) is 44.9 Å². The van der Waals surface area contributed by atoms with Gasteiger partial charge in [0.2, 0.25) is 5.91 Å². The van der Waals surface area contributed by atoms with Crippen LogP contribution in [0.25, 0.3) is 0 Å². The highest BCUT2D eigenvalue weighted by molar-refractivity contribution is 5.81. The largest absolute Gasteiger partial charge is 0.367 e. The number of para-hydroxylation sites is 1. The molecule has 138 valence electrons. The Bertz CT molecular complexity index is 578. The predicted molar refractivity (Wildman–Crippen MR) is 99.2 cm³/mol. The lowest BCUT2D eigenvalue weighted by Crippen LogP contribution is -2.55. The van der Waals surface area contributed by atoms with Crippen molar-refractivity contribution in [3.05, 3.63) is 30.1 Å². The normalized spacial score (nSPS) is 26.3. The minimum absolute atomic E-state index is 0.123. The van der Waals surface area contributed by atoms with E-state index in [1.165, 1.54) is 18.9 Å². The lowest BCUT2D eigenvalue weighted by Gasteiger charge is -2.39. The number of carbonyl (C=O) groups is 1. The molecule has 0 radical (unpaired) electrons. The Kier molecular flexibility index (Phi) is 5.94. The summed E-state index contributed by atoms with van der Waals surface area (Å²) in [4.78, 5) is 16.8. The van der Waals surface area contributed by atoms with Crippen molar-refractivity contribution in [1.29, 1.82) is 0 Å². The van der Waals surface area contributed by atoms with Crippen molar-refractivity contribution < 1.29 is 9.18 Å². The lowest BCUT2D eigenvalue weighted by molar-refractivity contribution is -0.127. The zero-order valence-corrected chi connectivity index (χ0v) is 15.4. The van der Waals surface area contributed by atoms with Crippen LogP contribution in [0.15, 0.2) is 24.3 Å². The van der Waals surface area contributed by atoms with Gasteiger partial charge in [-0.25, -0.2) is 4.39 Å². The molecule has 5 heteroatoms. The molecule has 1 saturated carbocycles. The zero-order valence-electron chi connectivity index (χ0n) is 15.4. The SMILES string of the molecule is CC1CCC(NC(=O)[C@@H](C)N2CCN(c3ccccc3F)CC2)CC1. The van der Waals surface area contributed by atoms with Gasteiger partial charge in [0.05, 0.1) is 11.7 Å². The molecule has 0 unspecified atom stereocenters. The molecule has 1 atom stereocenters. The molecule has 1 aromatic rings. The second-order valence-electron chi connectivity index (χ2n) is 7.62. The van der Waals surface area contributed by atoms with Crippen LogP contribution < -0.4 is 10.2 Å². The van der Waals surface area contributed by atoms with E-state index in [2.05, 4.69) is 22.0 Å². The molecule has 1 aliphatic heterocycles. The number of benzene rings is 1. The Labute approximate surface area is 150 Å². The molecule has 1 heterocycles. The van der Waals surface area contributed by atoms with Crippen molar-refractivity contribution in [3.8, 4) is 0 Å². The van der Waals surface area contributed by atoms with E-state index in [1.54, 1.807) is 6.07 Å². The number of hydrogen-bond donors (Lipinski definition) is 1. The first-order valence-electron chi connectivity index (χ1n) is 9.58. The Hall–Kier alpha value is -1.62. The van der Waals surface area contributed by atoms with E-state index in [1.807, 2.05) is 19.1 Å². The maximum absolute atomic E-state index is 13.9. The zero-order chi connectivity index (χ0) is 17.8. The number of carbonyl (C=O) groups excluding carboxylic acids is 1. The average Bonchev–Trinajstić information content (AvgIpc) is 2.63. The molecule has 2 aliphatic rings. The van der Waals surface area contributed by atoms with E-state index in [4.69, 9.17) is 0 Å². The summed E-state index contributed by atoms with van der Waals surface area (Å²) in [5, 5.41) is 3.23. The fraction of sp³-hybridized carbons (Fsp3) is 0.650. The van der Waals surface area contributed by atoms with E-state index >= 15 is 0 Å². The number of amides is 1. The molecular formula is C20H30FN3O. The summed E-state index contributed by atoms with van der Waals surface area (Å²) in [6, 6.07) is 7.13. The molecule has 25 heavy (non-hydrogen) atoms. The van der Waals surface area contributed by atoms with Crippen LogP contribution in [0.2, 0.25) is 0 Å². The van der Waals surface area contributed by atoms with E-state index < -0.39 is 0 Å². The van der Waals surface area contributed by atoms with Crippen LogP contribution in [-0.2, 0) is 4.79 Å². The molecule has 1 aromatic carbocycles. The molecule has 0 aromatic heterocycles. The molecule has 1 N–H and O–H groups in total. The average molecular weight is 347 g/mol. The highest BCUT2D eigenvalue weighted by Crippen LogP contribution is 2.24. The summed E-state index contributed by atoms with van der Waals surface area (Å²) in [5.74, 6) is 0.754. The molecule has 1 saturated heterocycles. The summed E-state index contributed by atoms with van der Waals surface area (Å²) in [6.07, 6.45) is 4.61. The molecule has 3 rings (SSSR count). The molecule has 1 aliphatic carbocycles. The number of rotatable bonds is 4. The van der Waals surface area contributed by atoms with Gasteiger partial charge in [0.15, 0.2) is 0 Å². The molecule has 2 fully saturated rings. The van der Waals surface area contributed by atoms with Crippen LogP contribution in [0, 0.1) is 11.7 Å². The number of piperazine rings is 1. The standard InChI is InChI=1S/C20H30FN3O/c1-15-7-9-17(10-8-15)22-20(25)16(2)23-11-13-24(14-12-23)19-6-4-3-5-18(19)21/h3-6,15-17H,7-14H2,1-2H3,(H,22,25)/t15?,16-,17?/m1/s1. The number of halogens is 1. The summed E-state index contributed by atoms with van der Waals surface area (Å²) in [5.41, 5.74) is 0.663. The van der Waals surface area contributed by atoms with Crippen LogP contribution in [0.4, 0.5) is 10.1 Å². The van der Waals surface area contributed by atoms with Crippen molar-refractivity contribution in [1.82, 2.24) is 10.2 Å². The van der Waals surface area contributed by atoms with E-state index in [9.17, 15) is 9.18 Å². The van der Waals surface area contributed by atoms with Crippen LogP contribution in [0.5, 0.6) is 0 Å². The summed E-state index contributed by atoms with van der Waals surface area (Å²) >= 11 is 0. The first-order valence-corrected chi connectivity index (χ1v) is 9.58. The number of anilines is 1. The van der Waals surface area contributed by atoms with E-state index in [0.29, 0.717) is 11.7 Å². The first kappa shape index (κ1) is 18.2. The third-order valence-electron chi connectivity index (χ3n) is 5.80. The minimum Gasteiger partial charge on any atom is -0.367 e. The van der Waals surface area contributed by atoms with Gasteiger partial charge in [-0.3, -0.25) is 9.69 Å². The monoisotopic (exact) mass is 347 g/mol. The van der Waals surface area contributed by atoms with Gasteiger partial charge in [-0.2, -0.15) is 0 Å². The third kappa shape index (κ3) is 4.51. The van der Waals surface area contributed by atoms with Crippen LogP contribution in [0.3, 0.4) is 0 Å². The molecule has 4 nitrogen and oxygen atoms in total. The van der Waals surface area contributed by atoms with Crippen molar-refractivity contribution in [3.63, 3.8) is 0 Å². The predicted octanol–water partition coefficient (Wildman–Crippen LogP) is 3.03. The number of hydrogen-bond acceptors (Lipinski definition) is 3. The summed E-state index contributed by atoms with van der Waals surface area (Å²) in [7, 11) is 0. The highest BCUT2D eigenvalue weighted by atomic mass is 19.1. The fourth-order valence-electron chi connectivity index (χ4n) is 3.95. The minimum atomic E-state index is -0.173. The number of nitrogens with zero attached hydrogens (tertiary/aromatic N) is 2. The van der Waals surface area contributed by atoms with Crippen LogP contribution in [0.1, 0.15) is 39.5 Å². The van der Waals surface area contributed by atoms with Gasteiger partial charge >= 0.3 is 0 Å².